The zero-order valence-corrected chi connectivity index (χ0v) is 26.1. The van der Waals surface area contributed by atoms with Gasteiger partial charge in [-0.1, -0.05) is 11.6 Å². The highest BCUT2D eigenvalue weighted by Crippen LogP contribution is 2.41. The van der Waals surface area contributed by atoms with Gasteiger partial charge in [0.05, 0.1) is 52.0 Å². The van der Waals surface area contributed by atoms with Crippen LogP contribution in [0.3, 0.4) is 0 Å². The Hall–Kier alpha value is -3.94. The van der Waals surface area contributed by atoms with E-state index in [1.165, 1.54) is 0 Å². The smallest absolute Gasteiger partial charge is 0.410 e. The Morgan fingerprint density at radius 1 is 1.09 bits per heavy atom. The summed E-state index contributed by atoms with van der Waals surface area (Å²) in [6.07, 6.45) is 2.39. The summed E-state index contributed by atoms with van der Waals surface area (Å²) < 4.78 is 17.8. The molecule has 0 radical (unpaired) electrons. The molecule has 1 N–H and O–H groups in total. The number of piperazine rings is 1. The van der Waals surface area contributed by atoms with E-state index in [1.807, 2.05) is 32.9 Å². The number of pyridine rings is 1. The summed E-state index contributed by atoms with van der Waals surface area (Å²) >= 11 is 6.78. The average Bonchev–Trinajstić information content (AvgIpc) is 3.40. The van der Waals surface area contributed by atoms with E-state index in [0.717, 1.165) is 5.39 Å². The molecule has 0 spiro atoms. The summed E-state index contributed by atoms with van der Waals surface area (Å²) in [5, 5.41) is 22.3. The molecule has 43 heavy (non-hydrogen) atoms. The van der Waals surface area contributed by atoms with Crippen LogP contribution in [0.2, 0.25) is 5.02 Å². The number of fused-ring (bicyclic) bond motifs is 3. The second-order valence-electron chi connectivity index (χ2n) is 11.5. The van der Waals surface area contributed by atoms with Crippen LogP contribution in [0.15, 0.2) is 24.4 Å². The van der Waals surface area contributed by atoms with Crippen LogP contribution in [0.4, 0.5) is 10.7 Å². The fraction of sp³-hybridized carbons (Fsp3) is 0.483. The number of quaternary nitrogens is 1. The van der Waals surface area contributed by atoms with Gasteiger partial charge >= 0.3 is 6.09 Å². The number of halogens is 1. The van der Waals surface area contributed by atoms with Crippen molar-refractivity contribution >= 4 is 40.3 Å². The van der Waals surface area contributed by atoms with Gasteiger partial charge in [0, 0.05) is 48.7 Å². The molecule has 0 unspecified atom stereocenters. The first kappa shape index (κ1) is 30.5. The lowest BCUT2D eigenvalue weighted by molar-refractivity contribution is -0.884. The average molecular weight is 613 g/mol. The maximum absolute atomic E-state index is 13.4. The zero-order valence-electron chi connectivity index (χ0n) is 25.3. The summed E-state index contributed by atoms with van der Waals surface area (Å²) in [5.41, 5.74) is 1.92. The number of nitrogens with zero attached hydrogens (tertiary/aromatic N) is 7. The minimum absolute atomic E-state index is 0.312. The predicted octanol–water partition coefficient (Wildman–Crippen LogP) is 4.55. The van der Waals surface area contributed by atoms with Crippen molar-refractivity contribution in [3.05, 3.63) is 40.5 Å². The van der Waals surface area contributed by atoms with Crippen LogP contribution in [0.1, 0.15) is 33.0 Å². The molecular weight excluding hydrogens is 576 g/mol. The first-order valence-electron chi connectivity index (χ1n) is 14.1. The number of ether oxygens (including phenoxy) is 3. The number of amides is 1. The van der Waals surface area contributed by atoms with Crippen molar-refractivity contribution in [1.29, 1.82) is 0 Å². The fourth-order valence-electron chi connectivity index (χ4n) is 5.10. The van der Waals surface area contributed by atoms with Gasteiger partial charge in [0.15, 0.2) is 17.1 Å². The Kier molecular flexibility index (Phi) is 8.50. The topological polar surface area (TPSA) is 139 Å². The van der Waals surface area contributed by atoms with Gasteiger partial charge in [-0.15, -0.1) is 5.10 Å². The number of hydrogen-bond acceptors (Lipinski definition) is 10. The first-order valence-corrected chi connectivity index (χ1v) is 14.5. The Bertz CT molecular complexity index is 1650. The molecule has 1 saturated heterocycles. The lowest BCUT2D eigenvalue weighted by Crippen LogP contribution is -2.58. The van der Waals surface area contributed by atoms with E-state index < -0.39 is 5.60 Å². The summed E-state index contributed by atoms with van der Waals surface area (Å²) in [6.45, 7) is 7.22. The van der Waals surface area contributed by atoms with Crippen LogP contribution in [0.5, 0.6) is 11.5 Å². The Labute approximate surface area is 254 Å². The third kappa shape index (κ3) is 6.53. The van der Waals surface area contributed by atoms with E-state index in [0.29, 0.717) is 96.3 Å². The van der Waals surface area contributed by atoms with E-state index in [4.69, 9.17) is 35.9 Å². The Balaban J connectivity index is 1.41. The molecule has 4 heterocycles. The van der Waals surface area contributed by atoms with E-state index in [2.05, 4.69) is 15.3 Å². The third-order valence-corrected chi connectivity index (χ3v) is 7.73. The SMILES string of the molecule is CNc1ncc2cc(-c3cc(OC)cc(OC)c3Cl)c3nc(CCC[N+]4([O-])CCN(C(=O)OC(C)(C)C)CC4)nn3c2n1. The van der Waals surface area contributed by atoms with E-state index in [-0.39, 0.29) is 10.7 Å². The van der Waals surface area contributed by atoms with Crippen molar-refractivity contribution in [2.24, 2.45) is 0 Å². The minimum atomic E-state index is -0.575. The number of anilines is 1. The van der Waals surface area contributed by atoms with Crippen molar-refractivity contribution < 1.29 is 23.7 Å². The number of nitrogens with one attached hydrogen (secondary N) is 1. The van der Waals surface area contributed by atoms with Gasteiger partial charge in [-0.3, -0.25) is 4.90 Å². The highest BCUT2D eigenvalue weighted by Gasteiger charge is 2.31. The van der Waals surface area contributed by atoms with Crippen molar-refractivity contribution in [2.75, 3.05) is 59.3 Å². The molecule has 0 bridgehead atoms. The summed E-state index contributed by atoms with van der Waals surface area (Å²) in [6, 6.07) is 5.47. The molecule has 4 aromatic rings. The normalized spacial score (nSPS) is 15.1. The van der Waals surface area contributed by atoms with Crippen molar-refractivity contribution in [2.45, 2.75) is 39.2 Å². The van der Waals surface area contributed by atoms with Gasteiger partial charge in [-0.05, 0) is 32.9 Å². The number of hydroxylamine groups is 3. The Morgan fingerprint density at radius 2 is 1.84 bits per heavy atom. The standard InChI is InChI=1S/C29H37ClN8O5/c1-29(2,3)43-28(39)36-9-12-38(40,13-10-36)11-7-8-23-33-26-21(20-15-19(41-5)16-22(42-6)24(20)30)14-18-17-32-27(31-4)34-25(18)37(26)35-23/h14-17H,7-13H2,1-6H3,(H,31,32,34). The second-order valence-corrected chi connectivity index (χ2v) is 11.9. The molecule has 1 amide bonds. The number of aromatic nitrogens is 5. The number of aryl methyl sites for hydroxylation is 1. The summed E-state index contributed by atoms with van der Waals surface area (Å²) in [7, 11) is 4.87. The molecule has 13 nitrogen and oxygen atoms in total. The van der Waals surface area contributed by atoms with Crippen LogP contribution in [0, 0.1) is 5.21 Å². The highest BCUT2D eigenvalue weighted by molar-refractivity contribution is 6.35. The Morgan fingerprint density at radius 3 is 2.49 bits per heavy atom. The molecular formula is C29H37ClN8O5. The zero-order chi connectivity index (χ0) is 30.9. The molecule has 1 aliphatic heterocycles. The predicted molar refractivity (Wildman–Crippen MR) is 164 cm³/mol. The molecule has 3 aromatic heterocycles. The summed E-state index contributed by atoms with van der Waals surface area (Å²) in [4.78, 5) is 27.9. The van der Waals surface area contributed by atoms with Crippen molar-refractivity contribution in [1.82, 2.24) is 29.5 Å². The number of carbonyl (C=O) groups excluding carboxylic acids is 1. The quantitative estimate of drug-likeness (QED) is 0.223. The number of hydrogen-bond donors (Lipinski definition) is 1. The molecule has 1 aliphatic rings. The molecule has 5 rings (SSSR count). The van der Waals surface area contributed by atoms with Crippen LogP contribution < -0.4 is 14.8 Å². The van der Waals surface area contributed by atoms with Crippen LogP contribution >= 0.6 is 11.6 Å². The molecule has 0 saturated carbocycles. The van der Waals surface area contributed by atoms with Gasteiger partial charge in [-0.25, -0.2) is 14.8 Å². The molecule has 14 heteroatoms. The second kappa shape index (κ2) is 12.0. The van der Waals surface area contributed by atoms with E-state index in [1.54, 1.807) is 42.9 Å². The number of rotatable bonds is 8. The number of benzene rings is 1. The van der Waals surface area contributed by atoms with Crippen LogP contribution in [-0.2, 0) is 11.2 Å². The fourth-order valence-corrected chi connectivity index (χ4v) is 5.39. The first-order chi connectivity index (χ1) is 20.4. The number of carbonyl (C=O) groups is 1. The molecule has 1 fully saturated rings. The number of methoxy groups -OCH3 is 2. The summed E-state index contributed by atoms with van der Waals surface area (Å²) in [5.74, 6) is 2.06. The third-order valence-electron chi connectivity index (χ3n) is 7.34. The van der Waals surface area contributed by atoms with Gasteiger partial charge in [-0.2, -0.15) is 9.50 Å². The highest BCUT2D eigenvalue weighted by atomic mass is 35.5. The van der Waals surface area contributed by atoms with Crippen molar-refractivity contribution in [3.63, 3.8) is 0 Å². The monoisotopic (exact) mass is 612 g/mol. The van der Waals surface area contributed by atoms with Gasteiger partial charge in [0.2, 0.25) is 5.95 Å². The van der Waals surface area contributed by atoms with E-state index >= 15 is 0 Å². The molecule has 0 atom stereocenters. The lowest BCUT2D eigenvalue weighted by atomic mass is 10.0. The molecule has 230 valence electrons. The van der Waals surface area contributed by atoms with Gasteiger partial charge < -0.3 is 29.4 Å². The van der Waals surface area contributed by atoms with Gasteiger partial charge in [0.25, 0.3) is 0 Å². The van der Waals surface area contributed by atoms with E-state index in [9.17, 15) is 10.0 Å². The lowest BCUT2D eigenvalue weighted by Gasteiger charge is -2.48. The van der Waals surface area contributed by atoms with Crippen LogP contribution in [-0.4, -0.2) is 99.8 Å². The van der Waals surface area contributed by atoms with Gasteiger partial charge in [0.1, 0.15) is 17.1 Å². The van der Waals surface area contributed by atoms with Crippen molar-refractivity contribution in [3.8, 4) is 22.6 Å². The molecule has 0 aliphatic carbocycles. The van der Waals surface area contributed by atoms with Crippen LogP contribution in [0.25, 0.3) is 27.8 Å². The molecule has 1 aromatic carbocycles. The minimum Gasteiger partial charge on any atom is -0.633 e. The maximum Gasteiger partial charge on any atom is 0.410 e. The maximum atomic E-state index is 13.4. The largest absolute Gasteiger partial charge is 0.633 e.